The molecule has 64 heavy (non-hydrogen) atoms. The molecular formula is C59H41N5. The molecule has 0 spiro atoms. The van der Waals surface area contributed by atoms with Crippen molar-refractivity contribution in [2.24, 2.45) is 0 Å². The minimum absolute atomic E-state index is 0.598. The van der Waals surface area contributed by atoms with E-state index < -0.39 is 0 Å². The summed E-state index contributed by atoms with van der Waals surface area (Å²) in [5.41, 5.74) is 16.5. The van der Waals surface area contributed by atoms with E-state index in [0.29, 0.717) is 17.5 Å². The molecule has 0 atom stereocenters. The number of para-hydroxylation sites is 2. The topological polar surface area (TPSA) is 48.5 Å². The zero-order valence-electron chi connectivity index (χ0n) is 35.4. The molecule has 0 unspecified atom stereocenters. The van der Waals surface area contributed by atoms with Crippen molar-refractivity contribution in [3.8, 4) is 67.8 Å². The Morgan fingerprint density at radius 1 is 0.266 bits per heavy atom. The summed E-state index contributed by atoms with van der Waals surface area (Å²) in [6, 6.07) is 75.9. The van der Waals surface area contributed by atoms with E-state index in [2.05, 4.69) is 199 Å². The first-order valence-corrected chi connectivity index (χ1v) is 21.8. The zero-order chi connectivity index (χ0) is 42.7. The SMILES string of the molecule is Cc1cccc(-c2ccc3c(c2)c2ccccc2n3-c2cc(-c3nc(-c4ccccc4)nc(-c4ccccc4)n3)cc(-n3c4ccccc4c4cc(-c5cccc(C)c5)ccc43)c2)c1. The maximum absolute atomic E-state index is 5.26. The van der Waals surface area contributed by atoms with E-state index >= 15 is 0 Å². The molecule has 3 heterocycles. The normalized spacial score (nSPS) is 11.6. The van der Waals surface area contributed by atoms with Gasteiger partial charge in [0, 0.05) is 49.6 Å². The summed E-state index contributed by atoms with van der Waals surface area (Å²) < 4.78 is 4.80. The lowest BCUT2D eigenvalue weighted by Crippen LogP contribution is -2.03. The first-order valence-electron chi connectivity index (χ1n) is 21.8. The van der Waals surface area contributed by atoms with Gasteiger partial charge in [-0.25, -0.2) is 15.0 Å². The predicted octanol–water partition coefficient (Wildman–Crippen LogP) is 15.0. The van der Waals surface area contributed by atoms with Gasteiger partial charge in [0.2, 0.25) is 0 Å². The minimum Gasteiger partial charge on any atom is -0.309 e. The van der Waals surface area contributed by atoms with Crippen LogP contribution in [0.3, 0.4) is 0 Å². The first kappa shape index (κ1) is 37.4. The van der Waals surface area contributed by atoms with Crippen molar-refractivity contribution in [1.29, 1.82) is 0 Å². The third-order valence-electron chi connectivity index (χ3n) is 12.4. The van der Waals surface area contributed by atoms with Crippen molar-refractivity contribution in [2.75, 3.05) is 0 Å². The number of aryl methyl sites for hydroxylation is 2. The molecule has 0 aliphatic heterocycles. The van der Waals surface area contributed by atoms with Crippen molar-refractivity contribution >= 4 is 43.6 Å². The average molecular weight is 820 g/mol. The van der Waals surface area contributed by atoms with Crippen molar-refractivity contribution in [3.63, 3.8) is 0 Å². The van der Waals surface area contributed by atoms with Gasteiger partial charge in [0.15, 0.2) is 17.5 Å². The summed E-state index contributed by atoms with van der Waals surface area (Å²) in [5.74, 6) is 1.84. The van der Waals surface area contributed by atoms with Crippen molar-refractivity contribution in [2.45, 2.75) is 13.8 Å². The van der Waals surface area contributed by atoms with Gasteiger partial charge in [0.1, 0.15) is 0 Å². The minimum atomic E-state index is 0.598. The molecular weight excluding hydrogens is 779 g/mol. The second-order valence-electron chi connectivity index (χ2n) is 16.7. The second kappa shape index (κ2) is 15.2. The maximum Gasteiger partial charge on any atom is 0.164 e. The Bertz CT molecular complexity index is 3510. The molecule has 0 amide bonds. The molecule has 0 bridgehead atoms. The summed E-state index contributed by atoms with van der Waals surface area (Å²) in [7, 11) is 0. The quantitative estimate of drug-likeness (QED) is 0.161. The summed E-state index contributed by atoms with van der Waals surface area (Å²) in [6.07, 6.45) is 0. The highest BCUT2D eigenvalue weighted by molar-refractivity contribution is 6.12. The van der Waals surface area contributed by atoms with Gasteiger partial charge >= 0.3 is 0 Å². The molecule has 0 saturated carbocycles. The first-order chi connectivity index (χ1) is 31.5. The van der Waals surface area contributed by atoms with Crippen molar-refractivity contribution in [3.05, 3.63) is 223 Å². The largest absolute Gasteiger partial charge is 0.309 e. The van der Waals surface area contributed by atoms with E-state index in [4.69, 9.17) is 15.0 Å². The number of rotatable bonds is 7. The van der Waals surface area contributed by atoms with Gasteiger partial charge in [0.05, 0.1) is 22.1 Å². The number of benzene rings is 9. The van der Waals surface area contributed by atoms with Gasteiger partial charge in [-0.15, -0.1) is 0 Å². The fraction of sp³-hybridized carbons (Fsp3) is 0.0339. The average Bonchev–Trinajstić information content (AvgIpc) is 3.86. The highest BCUT2D eigenvalue weighted by atomic mass is 15.0. The molecule has 12 rings (SSSR count). The number of hydrogen-bond donors (Lipinski definition) is 0. The number of fused-ring (bicyclic) bond motifs is 6. The Morgan fingerprint density at radius 3 is 1.09 bits per heavy atom. The summed E-state index contributed by atoms with van der Waals surface area (Å²) in [5, 5.41) is 4.77. The van der Waals surface area contributed by atoms with Crippen LogP contribution < -0.4 is 0 Å². The van der Waals surface area contributed by atoms with Crippen molar-refractivity contribution < 1.29 is 0 Å². The van der Waals surface area contributed by atoms with Crippen LogP contribution in [0.1, 0.15) is 11.1 Å². The zero-order valence-corrected chi connectivity index (χ0v) is 35.4. The summed E-state index contributed by atoms with van der Waals surface area (Å²) in [6.45, 7) is 4.30. The van der Waals surface area contributed by atoms with Crippen molar-refractivity contribution in [1.82, 2.24) is 24.1 Å². The Hall–Kier alpha value is -8.41. The molecule has 0 fully saturated rings. The predicted molar refractivity (Wildman–Crippen MR) is 265 cm³/mol. The number of hydrogen-bond acceptors (Lipinski definition) is 3. The van der Waals surface area contributed by atoms with Crippen LogP contribution >= 0.6 is 0 Å². The third kappa shape index (κ3) is 6.45. The lowest BCUT2D eigenvalue weighted by molar-refractivity contribution is 1.07. The van der Waals surface area contributed by atoms with Crippen LogP contribution in [0.5, 0.6) is 0 Å². The van der Waals surface area contributed by atoms with Gasteiger partial charge < -0.3 is 9.13 Å². The standard InChI is InChI=1S/C59H41N5/c1-38-15-13-21-42(31-38)44-27-29-55-51(35-44)49-23-9-11-25-53(49)63(55)47-33-46(59-61-57(40-17-5-3-6-18-40)60-58(62-59)41-19-7-4-8-20-41)34-48(37-47)64-54-26-12-10-24-50(54)52-36-45(28-30-56(52)64)43-22-14-16-39(2)32-43/h3-37H,1-2H3. The molecule has 0 N–H and O–H groups in total. The lowest BCUT2D eigenvalue weighted by atomic mass is 10.0. The third-order valence-corrected chi connectivity index (χ3v) is 12.4. The van der Waals surface area contributed by atoms with Crippen LogP contribution in [0.25, 0.3) is 111 Å². The number of nitrogens with zero attached hydrogens (tertiary/aromatic N) is 5. The highest BCUT2D eigenvalue weighted by Gasteiger charge is 2.20. The van der Waals surface area contributed by atoms with E-state index in [0.717, 1.165) is 50.1 Å². The summed E-state index contributed by atoms with van der Waals surface area (Å²) in [4.78, 5) is 15.6. The fourth-order valence-corrected chi connectivity index (χ4v) is 9.43. The van der Waals surface area contributed by atoms with Crippen LogP contribution in [0.15, 0.2) is 212 Å². The molecule has 3 aromatic heterocycles. The maximum atomic E-state index is 5.26. The van der Waals surface area contributed by atoms with Crippen LogP contribution in [-0.2, 0) is 0 Å². The van der Waals surface area contributed by atoms with Crippen LogP contribution in [0.2, 0.25) is 0 Å². The van der Waals surface area contributed by atoms with Crippen LogP contribution in [-0.4, -0.2) is 24.1 Å². The van der Waals surface area contributed by atoms with Gasteiger partial charge in [0.25, 0.3) is 0 Å². The molecule has 302 valence electrons. The lowest BCUT2D eigenvalue weighted by Gasteiger charge is -2.16. The molecule has 0 aliphatic carbocycles. The summed E-state index contributed by atoms with van der Waals surface area (Å²) >= 11 is 0. The molecule has 12 aromatic rings. The monoisotopic (exact) mass is 819 g/mol. The van der Waals surface area contributed by atoms with E-state index in [1.54, 1.807) is 0 Å². The van der Waals surface area contributed by atoms with Gasteiger partial charge in [-0.2, -0.15) is 0 Å². The smallest absolute Gasteiger partial charge is 0.164 e. The fourth-order valence-electron chi connectivity index (χ4n) is 9.43. The Labute approximate surface area is 371 Å². The Morgan fingerprint density at radius 2 is 0.641 bits per heavy atom. The van der Waals surface area contributed by atoms with Gasteiger partial charge in [-0.05, 0) is 90.7 Å². The Kier molecular flexibility index (Phi) is 8.87. The van der Waals surface area contributed by atoms with Gasteiger partial charge in [-0.3, -0.25) is 0 Å². The number of aromatic nitrogens is 5. The molecule has 5 heteroatoms. The second-order valence-corrected chi connectivity index (χ2v) is 16.7. The molecule has 0 saturated heterocycles. The molecule has 5 nitrogen and oxygen atoms in total. The van der Waals surface area contributed by atoms with E-state index in [9.17, 15) is 0 Å². The highest BCUT2D eigenvalue weighted by Crippen LogP contribution is 2.40. The van der Waals surface area contributed by atoms with E-state index in [1.807, 2.05) is 36.4 Å². The van der Waals surface area contributed by atoms with Gasteiger partial charge in [-0.1, -0.05) is 169 Å². The molecule has 9 aromatic carbocycles. The molecule has 0 aliphatic rings. The van der Waals surface area contributed by atoms with E-state index in [-0.39, 0.29) is 0 Å². The van der Waals surface area contributed by atoms with E-state index in [1.165, 1.54) is 54.9 Å². The molecule has 0 radical (unpaired) electrons. The Balaban J connectivity index is 1.15. The van der Waals surface area contributed by atoms with Crippen LogP contribution in [0.4, 0.5) is 0 Å². The van der Waals surface area contributed by atoms with Crippen LogP contribution in [0, 0.1) is 13.8 Å².